The second-order valence-corrected chi connectivity index (χ2v) is 32.7. The summed E-state index contributed by atoms with van der Waals surface area (Å²) < 4.78 is 200. The van der Waals surface area contributed by atoms with Gasteiger partial charge in [0.15, 0.2) is 0 Å². The summed E-state index contributed by atoms with van der Waals surface area (Å²) >= 11 is 0. The van der Waals surface area contributed by atoms with Crippen LogP contribution in [-0.4, -0.2) is 475 Å². The molecule has 0 saturated heterocycles. The van der Waals surface area contributed by atoms with E-state index in [0.717, 1.165) is 29.7 Å². The zero-order chi connectivity index (χ0) is 101. The first-order valence-corrected chi connectivity index (χ1v) is 52.8. The molecule has 0 unspecified atom stereocenters. The minimum absolute atomic E-state index is 0.137. The van der Waals surface area contributed by atoms with E-state index in [1.165, 1.54) is 109 Å². The van der Waals surface area contributed by atoms with Crippen LogP contribution in [-0.2, 0) is 176 Å². The van der Waals surface area contributed by atoms with Gasteiger partial charge in [0.25, 0.3) is 0 Å². The summed E-state index contributed by atoms with van der Waals surface area (Å²) in [5.74, 6) is 0. The van der Waals surface area contributed by atoms with E-state index in [1.54, 1.807) is 0 Å². The lowest BCUT2D eigenvalue weighted by molar-refractivity contribution is -0.0327. The molecule has 0 fully saturated rings. The number of carbonyl (C=O) groups is 1. The van der Waals surface area contributed by atoms with Crippen molar-refractivity contribution in [1.82, 2.24) is 5.32 Å². The van der Waals surface area contributed by atoms with Crippen LogP contribution in [0, 0.1) is 0 Å². The predicted octanol–water partition coefficient (Wildman–Crippen LogP) is 11.3. The standard InChI is InChI=1S/C103H197NO37/c1-6-7-8-9-10-11-12-13-14-15-16-17-18-19-20-21-22-23-28-106-29-30-107-31-32-108-33-34-109-35-36-110-37-38-111-39-40-112-41-42-113-43-44-114-45-46-115-47-48-116-49-50-117-51-52-118-53-54-119-55-56-120-57-58-121-59-60-122-61-62-123-63-64-124-65-66-125-67-68-126-69-70-127-71-72-128-73-74-129-75-76-130-77-78-131-79-80-132-81-82-133-83-84-134-85-86-135-87-88-136-89-90-137-91-92-138-93-94-139-95-96-140-97-98-141-102(105)104-103(4,5)101-26-24-100(25-27-101)99(2)3/h24-27H,2,6-23,28-98H2,1,3-5H3,(H,104,105). The second-order valence-electron chi connectivity index (χ2n) is 32.7. The number of benzene rings is 1. The van der Waals surface area contributed by atoms with Crippen LogP contribution in [0.5, 0.6) is 0 Å². The molecule has 1 amide bonds. The Morgan fingerprint density at radius 1 is 0.191 bits per heavy atom. The molecule has 38 nitrogen and oxygen atoms in total. The van der Waals surface area contributed by atoms with E-state index in [0.29, 0.717) is 449 Å². The highest BCUT2D eigenvalue weighted by molar-refractivity contribution is 5.69. The van der Waals surface area contributed by atoms with Gasteiger partial charge in [-0.25, -0.2) is 4.79 Å². The molecule has 1 aromatic carbocycles. The number of nitrogens with one attached hydrogen (secondary N) is 1. The highest BCUT2D eigenvalue weighted by Gasteiger charge is 2.24. The van der Waals surface area contributed by atoms with Crippen molar-refractivity contribution in [2.24, 2.45) is 0 Å². The van der Waals surface area contributed by atoms with Crippen molar-refractivity contribution >= 4 is 11.7 Å². The molecule has 141 heavy (non-hydrogen) atoms. The lowest BCUT2D eigenvalue weighted by Crippen LogP contribution is -2.41. The number of carbonyl (C=O) groups excluding carboxylic acids is 1. The summed E-state index contributed by atoms with van der Waals surface area (Å²) in [6.07, 6.45) is 24.5. The predicted molar refractivity (Wildman–Crippen MR) is 536 cm³/mol. The lowest BCUT2D eigenvalue weighted by atomic mass is 9.93. The first-order chi connectivity index (χ1) is 69.9. The van der Waals surface area contributed by atoms with E-state index in [2.05, 4.69) is 18.8 Å². The molecule has 0 saturated carbocycles. The van der Waals surface area contributed by atoms with Gasteiger partial charge in [-0.15, -0.1) is 0 Å². The fraction of sp³-hybridized carbons (Fsp3) is 0.913. The first-order valence-electron chi connectivity index (χ1n) is 52.8. The van der Waals surface area contributed by atoms with Gasteiger partial charge in [-0.3, -0.25) is 0 Å². The SMILES string of the molecule is C=C(C)c1ccc(C(C)(C)NC(=O)OCCOCCOCCOCCOCCOCCOCCOCCOCCOCCOCCOCCOCCOCCOCCOCCOCCOCCOCCOCCOCCOCCOCCOCCOCCOCCOCCOCCOCCOCCOCCOCCOCCOCCOCCOCCCCCCCCCCCCCCCCCCCC)cc1. The van der Waals surface area contributed by atoms with Gasteiger partial charge in [-0.05, 0) is 38.3 Å². The largest absolute Gasteiger partial charge is 0.447 e. The lowest BCUT2D eigenvalue weighted by Gasteiger charge is -2.26. The summed E-state index contributed by atoms with van der Waals surface area (Å²) in [7, 11) is 0. The Hall–Kier alpha value is -3.17. The number of rotatable bonds is 127. The van der Waals surface area contributed by atoms with Gasteiger partial charge >= 0.3 is 6.09 Å². The monoisotopic (exact) mass is 2040 g/mol. The highest BCUT2D eigenvalue weighted by atomic mass is 16.6. The van der Waals surface area contributed by atoms with Crippen LogP contribution < -0.4 is 5.32 Å². The molecule has 0 heterocycles. The number of allylic oxidation sites excluding steroid dienone is 1. The number of hydrogen-bond donors (Lipinski definition) is 1. The van der Waals surface area contributed by atoms with Crippen LogP contribution in [0.3, 0.4) is 0 Å². The minimum atomic E-state index is -0.594. The maximum Gasteiger partial charge on any atom is 0.407 e. The molecule has 0 spiro atoms. The molecule has 38 heteroatoms. The topological polar surface area (TPSA) is 361 Å². The van der Waals surface area contributed by atoms with Gasteiger partial charge in [0.2, 0.25) is 0 Å². The third-order valence-corrected chi connectivity index (χ3v) is 20.3. The Bertz CT molecular complexity index is 2400. The summed E-state index contributed by atoms with van der Waals surface area (Å²) in [4.78, 5) is 12.3. The normalized spacial score (nSPS) is 11.9. The highest BCUT2D eigenvalue weighted by Crippen LogP contribution is 2.23. The van der Waals surface area contributed by atoms with Gasteiger partial charge < -0.3 is 176 Å². The molecule has 0 bridgehead atoms. The third kappa shape index (κ3) is 114. The summed E-state index contributed by atoms with van der Waals surface area (Å²) in [6, 6.07) is 7.93. The maximum atomic E-state index is 12.3. The molecule has 836 valence electrons. The molecule has 1 aromatic rings. The van der Waals surface area contributed by atoms with E-state index in [4.69, 9.17) is 171 Å². The Morgan fingerprint density at radius 3 is 0.447 bits per heavy atom. The fourth-order valence-corrected chi connectivity index (χ4v) is 12.4. The maximum absolute atomic E-state index is 12.3. The van der Waals surface area contributed by atoms with E-state index >= 15 is 0 Å². The Kier molecular flexibility index (Phi) is 116. The number of alkyl carbamates (subject to hydrolysis) is 1. The van der Waals surface area contributed by atoms with Crippen LogP contribution in [0.15, 0.2) is 30.8 Å². The molecule has 0 aliphatic carbocycles. The molecule has 0 aromatic heterocycles. The molecule has 0 radical (unpaired) electrons. The Balaban J connectivity index is 1.59. The van der Waals surface area contributed by atoms with Crippen LogP contribution in [0.25, 0.3) is 5.57 Å². The molecule has 0 aliphatic heterocycles. The van der Waals surface area contributed by atoms with Crippen molar-refractivity contribution in [1.29, 1.82) is 0 Å². The van der Waals surface area contributed by atoms with Crippen molar-refractivity contribution in [3.8, 4) is 0 Å². The number of amides is 1. The van der Waals surface area contributed by atoms with E-state index < -0.39 is 11.6 Å². The minimum Gasteiger partial charge on any atom is -0.447 e. The van der Waals surface area contributed by atoms with Gasteiger partial charge in [0.1, 0.15) is 6.61 Å². The summed E-state index contributed by atoms with van der Waals surface area (Å²) in [5.41, 5.74) is 2.41. The van der Waals surface area contributed by atoms with Crippen LogP contribution in [0.2, 0.25) is 0 Å². The molecule has 0 atom stereocenters. The summed E-state index contributed by atoms with van der Waals surface area (Å²) in [6.45, 7) is 46.1. The number of hydrogen-bond acceptors (Lipinski definition) is 37. The number of ether oxygens (including phenoxy) is 36. The van der Waals surface area contributed by atoms with Gasteiger partial charge in [-0.2, -0.15) is 0 Å². The van der Waals surface area contributed by atoms with Crippen LogP contribution >= 0.6 is 0 Å². The van der Waals surface area contributed by atoms with Crippen molar-refractivity contribution in [3.05, 3.63) is 42.0 Å². The molecule has 1 rings (SSSR count). The molecule has 1 N–H and O–H groups in total. The van der Waals surface area contributed by atoms with Crippen molar-refractivity contribution in [2.45, 2.75) is 149 Å². The van der Waals surface area contributed by atoms with Crippen LogP contribution in [0.4, 0.5) is 4.79 Å². The second kappa shape index (κ2) is 120. The van der Waals surface area contributed by atoms with E-state index in [-0.39, 0.29) is 13.2 Å². The van der Waals surface area contributed by atoms with Gasteiger partial charge in [0, 0.05) is 6.61 Å². The summed E-state index contributed by atoms with van der Waals surface area (Å²) in [5, 5.41) is 2.89. The average molecular weight is 2040 g/mol. The van der Waals surface area contributed by atoms with Gasteiger partial charge in [-0.1, -0.05) is 152 Å². The smallest absolute Gasteiger partial charge is 0.407 e. The van der Waals surface area contributed by atoms with E-state index in [1.807, 2.05) is 45.0 Å². The first kappa shape index (κ1) is 136. The number of unbranched alkanes of at least 4 members (excludes halogenated alkanes) is 17. The van der Waals surface area contributed by atoms with Gasteiger partial charge in [0.05, 0.1) is 461 Å². The van der Waals surface area contributed by atoms with Crippen molar-refractivity contribution in [2.75, 3.05) is 469 Å². The molecular formula is C103H197NO37. The Morgan fingerprint density at radius 2 is 0.312 bits per heavy atom. The average Bonchev–Trinajstić information content (AvgIpc) is 0.831. The quantitative estimate of drug-likeness (QED) is 0.0592. The van der Waals surface area contributed by atoms with Crippen molar-refractivity contribution in [3.63, 3.8) is 0 Å². The Labute approximate surface area is 848 Å². The van der Waals surface area contributed by atoms with Crippen molar-refractivity contribution < 1.29 is 175 Å². The molecular weight excluding hydrogens is 1840 g/mol. The van der Waals surface area contributed by atoms with Crippen LogP contribution in [0.1, 0.15) is 154 Å². The fourth-order valence-electron chi connectivity index (χ4n) is 12.4. The zero-order valence-corrected chi connectivity index (χ0v) is 88.1. The third-order valence-electron chi connectivity index (χ3n) is 20.3. The zero-order valence-electron chi connectivity index (χ0n) is 88.1. The molecule has 0 aliphatic rings. The van der Waals surface area contributed by atoms with E-state index in [9.17, 15) is 4.79 Å².